The van der Waals surface area contributed by atoms with E-state index in [1.165, 1.54) is 37.9 Å². The van der Waals surface area contributed by atoms with Gasteiger partial charge in [-0.25, -0.2) is 0 Å². The van der Waals surface area contributed by atoms with E-state index in [1.54, 1.807) is 0 Å². The molecule has 0 saturated carbocycles. The van der Waals surface area contributed by atoms with Gasteiger partial charge in [-0.3, -0.25) is 9.88 Å². The number of nitrogens with zero attached hydrogens (tertiary/aromatic N) is 2. The molecule has 1 aromatic heterocycles. The Morgan fingerprint density at radius 2 is 1.90 bits per heavy atom. The maximum Gasteiger partial charge on any atom is 0.138 e. The van der Waals surface area contributed by atoms with Gasteiger partial charge in [-0.15, -0.1) is 24.8 Å². The van der Waals surface area contributed by atoms with Crippen molar-refractivity contribution in [3.63, 3.8) is 0 Å². The molecule has 5 heteroatoms. The van der Waals surface area contributed by atoms with Crippen LogP contribution in [0.2, 0.25) is 0 Å². The molecule has 3 nitrogen and oxygen atoms in total. The van der Waals surface area contributed by atoms with Crippen molar-refractivity contribution in [3.05, 3.63) is 24.0 Å². The summed E-state index contributed by atoms with van der Waals surface area (Å²) >= 11 is 0. The van der Waals surface area contributed by atoms with Crippen LogP contribution in [0.4, 0.5) is 0 Å². The third-order valence-electron chi connectivity index (χ3n) is 4.14. The largest absolute Gasteiger partial charge is 0.489 e. The van der Waals surface area contributed by atoms with E-state index < -0.39 is 0 Å². The number of halogens is 2. The zero-order valence-electron chi connectivity index (χ0n) is 12.1. The van der Waals surface area contributed by atoms with Crippen LogP contribution in [0.1, 0.15) is 44.7 Å². The minimum Gasteiger partial charge on any atom is -0.489 e. The molecule has 1 atom stereocenters. The molecule has 0 aliphatic carbocycles. The van der Waals surface area contributed by atoms with Gasteiger partial charge in [-0.05, 0) is 63.7 Å². The van der Waals surface area contributed by atoms with Gasteiger partial charge < -0.3 is 4.74 Å². The van der Waals surface area contributed by atoms with Crippen LogP contribution in [0, 0.1) is 5.92 Å². The Morgan fingerprint density at radius 3 is 2.45 bits per heavy atom. The first-order chi connectivity index (χ1) is 8.72. The number of pyridine rings is 1. The fraction of sp³-hybridized carbons (Fsp3) is 0.667. The Balaban J connectivity index is 0.000001000. The van der Waals surface area contributed by atoms with E-state index in [9.17, 15) is 0 Å². The molecule has 0 aromatic carbocycles. The van der Waals surface area contributed by atoms with Crippen LogP contribution in [0.3, 0.4) is 0 Å². The lowest BCUT2D eigenvalue weighted by atomic mass is 9.81. The second-order valence-electron chi connectivity index (χ2n) is 5.85. The van der Waals surface area contributed by atoms with Gasteiger partial charge in [0.05, 0.1) is 12.3 Å². The highest BCUT2D eigenvalue weighted by Gasteiger charge is 2.34. The van der Waals surface area contributed by atoms with E-state index in [2.05, 4.69) is 29.8 Å². The molecule has 20 heavy (non-hydrogen) atoms. The third kappa shape index (κ3) is 3.78. The normalized spacial score (nSPS) is 27.6. The second kappa shape index (κ2) is 7.48. The summed E-state index contributed by atoms with van der Waals surface area (Å²) in [7, 11) is 0. The minimum absolute atomic E-state index is 0. The summed E-state index contributed by atoms with van der Waals surface area (Å²) < 4.78 is 5.74. The molecule has 3 saturated heterocycles. The Kier molecular flexibility index (Phi) is 6.56. The fourth-order valence-electron chi connectivity index (χ4n) is 3.27. The molecule has 3 aliphatic heterocycles. The first-order valence-corrected chi connectivity index (χ1v) is 7.08. The molecule has 4 rings (SSSR count). The number of hydrogen-bond donors (Lipinski definition) is 0. The number of fused-ring (bicyclic) bond motifs is 3. The van der Waals surface area contributed by atoms with Crippen LogP contribution in [-0.2, 0) is 0 Å². The SMILES string of the molecule is CC(C)Oc1cncc(C2CC3CCN2CC3)c1.Cl.Cl. The molecular weight excluding hydrogens is 295 g/mol. The zero-order chi connectivity index (χ0) is 12.5. The molecule has 2 bridgehead atoms. The molecule has 3 aliphatic rings. The first-order valence-electron chi connectivity index (χ1n) is 7.08. The monoisotopic (exact) mass is 318 g/mol. The van der Waals surface area contributed by atoms with Crippen molar-refractivity contribution in [1.82, 2.24) is 9.88 Å². The minimum atomic E-state index is 0. The maximum absolute atomic E-state index is 5.74. The number of ether oxygens (including phenoxy) is 1. The van der Waals surface area contributed by atoms with Crippen LogP contribution in [-0.4, -0.2) is 29.1 Å². The number of rotatable bonds is 3. The number of hydrogen-bond acceptors (Lipinski definition) is 3. The molecule has 3 fully saturated rings. The van der Waals surface area contributed by atoms with Crippen LogP contribution in [0.15, 0.2) is 18.5 Å². The molecule has 4 heterocycles. The zero-order valence-corrected chi connectivity index (χ0v) is 13.8. The van der Waals surface area contributed by atoms with Crippen molar-refractivity contribution in [2.75, 3.05) is 13.1 Å². The molecular formula is C15H24Cl2N2O. The summed E-state index contributed by atoms with van der Waals surface area (Å²) in [6, 6.07) is 2.75. The van der Waals surface area contributed by atoms with Crippen LogP contribution < -0.4 is 4.74 Å². The van der Waals surface area contributed by atoms with Crippen LogP contribution in [0.5, 0.6) is 5.75 Å². The van der Waals surface area contributed by atoms with Crippen molar-refractivity contribution in [2.45, 2.75) is 45.3 Å². The van der Waals surface area contributed by atoms with E-state index in [0.29, 0.717) is 6.04 Å². The van der Waals surface area contributed by atoms with E-state index in [4.69, 9.17) is 4.74 Å². The first kappa shape index (κ1) is 17.5. The Bertz CT molecular complexity index is 420. The molecule has 0 radical (unpaired) electrons. The summed E-state index contributed by atoms with van der Waals surface area (Å²) in [5, 5.41) is 0. The Morgan fingerprint density at radius 1 is 1.20 bits per heavy atom. The highest BCUT2D eigenvalue weighted by molar-refractivity contribution is 5.85. The van der Waals surface area contributed by atoms with Crippen LogP contribution >= 0.6 is 24.8 Å². The van der Waals surface area contributed by atoms with Gasteiger partial charge in [-0.1, -0.05) is 0 Å². The average molecular weight is 319 g/mol. The molecule has 1 unspecified atom stereocenters. The Hall–Kier alpha value is -0.510. The lowest BCUT2D eigenvalue weighted by molar-refractivity contribution is 0.0487. The van der Waals surface area contributed by atoms with Crippen molar-refractivity contribution < 1.29 is 4.74 Å². The molecule has 114 valence electrons. The predicted octanol–water partition coefficient (Wildman–Crippen LogP) is 3.87. The van der Waals surface area contributed by atoms with Gasteiger partial charge in [0.1, 0.15) is 5.75 Å². The standard InChI is InChI=1S/C15H22N2O.2ClH/c1-11(2)18-14-8-13(9-16-10-14)15-7-12-3-5-17(15)6-4-12;;/h8-12,15H,3-7H2,1-2H3;2*1H. The molecule has 0 amide bonds. The average Bonchev–Trinajstić information content (AvgIpc) is 2.39. The second-order valence-corrected chi connectivity index (χ2v) is 5.85. The number of piperidine rings is 3. The highest BCUT2D eigenvalue weighted by Crippen LogP contribution is 2.40. The summed E-state index contributed by atoms with van der Waals surface area (Å²) in [5.74, 6) is 1.83. The van der Waals surface area contributed by atoms with Crippen molar-refractivity contribution in [3.8, 4) is 5.75 Å². The maximum atomic E-state index is 5.74. The predicted molar refractivity (Wildman–Crippen MR) is 86.2 cm³/mol. The van der Waals surface area contributed by atoms with Gasteiger partial charge in [0.25, 0.3) is 0 Å². The summed E-state index contributed by atoms with van der Waals surface area (Å²) in [6.07, 6.45) is 8.11. The lowest BCUT2D eigenvalue weighted by Gasteiger charge is -2.45. The van der Waals surface area contributed by atoms with Gasteiger partial charge >= 0.3 is 0 Å². The lowest BCUT2D eigenvalue weighted by Crippen LogP contribution is -2.43. The smallest absolute Gasteiger partial charge is 0.138 e. The summed E-state index contributed by atoms with van der Waals surface area (Å²) in [4.78, 5) is 6.95. The van der Waals surface area contributed by atoms with E-state index in [-0.39, 0.29) is 30.9 Å². The van der Waals surface area contributed by atoms with Crippen LogP contribution in [0.25, 0.3) is 0 Å². The topological polar surface area (TPSA) is 25.4 Å². The Labute approximate surface area is 133 Å². The van der Waals surface area contributed by atoms with Gasteiger partial charge in [0.15, 0.2) is 0 Å². The van der Waals surface area contributed by atoms with Crippen molar-refractivity contribution in [1.29, 1.82) is 0 Å². The van der Waals surface area contributed by atoms with E-state index in [1.807, 2.05) is 12.4 Å². The summed E-state index contributed by atoms with van der Waals surface area (Å²) in [6.45, 7) is 6.62. The van der Waals surface area contributed by atoms with Crippen molar-refractivity contribution >= 4 is 24.8 Å². The van der Waals surface area contributed by atoms with Gasteiger partial charge in [-0.2, -0.15) is 0 Å². The summed E-state index contributed by atoms with van der Waals surface area (Å²) in [5.41, 5.74) is 1.33. The quantitative estimate of drug-likeness (QED) is 0.846. The van der Waals surface area contributed by atoms with Gasteiger partial charge in [0, 0.05) is 12.2 Å². The van der Waals surface area contributed by atoms with E-state index >= 15 is 0 Å². The van der Waals surface area contributed by atoms with E-state index in [0.717, 1.165) is 11.7 Å². The molecule has 0 spiro atoms. The molecule has 0 N–H and O–H groups in total. The third-order valence-corrected chi connectivity index (χ3v) is 4.14. The van der Waals surface area contributed by atoms with Crippen molar-refractivity contribution in [2.24, 2.45) is 5.92 Å². The fourth-order valence-corrected chi connectivity index (χ4v) is 3.27. The highest BCUT2D eigenvalue weighted by atomic mass is 35.5. The van der Waals surface area contributed by atoms with Gasteiger partial charge in [0.2, 0.25) is 0 Å². The number of aromatic nitrogens is 1. The molecule has 1 aromatic rings.